The Morgan fingerprint density at radius 2 is 1.48 bits per heavy atom. The first-order valence-electron chi connectivity index (χ1n) is 9.40. The molecule has 136 valence electrons. The Balaban J connectivity index is 1.80. The topological polar surface area (TPSA) is 72.7 Å². The molecule has 2 saturated carbocycles. The third-order valence-corrected chi connectivity index (χ3v) is 5.41. The number of benzene rings is 1. The summed E-state index contributed by atoms with van der Waals surface area (Å²) in [6.07, 6.45) is 10.5. The van der Waals surface area contributed by atoms with Crippen molar-refractivity contribution in [3.05, 3.63) is 34.4 Å². The van der Waals surface area contributed by atoms with Gasteiger partial charge < -0.3 is 9.64 Å². The molecule has 1 aromatic rings. The first-order valence-corrected chi connectivity index (χ1v) is 9.40. The number of carbonyl (C=O) groups excluding carboxylic acids is 1. The van der Waals surface area contributed by atoms with Crippen molar-refractivity contribution in [3.63, 3.8) is 0 Å². The lowest BCUT2D eigenvalue weighted by molar-refractivity contribution is -0.385. The lowest BCUT2D eigenvalue weighted by Gasteiger charge is -2.40. The zero-order chi connectivity index (χ0) is 17.6. The maximum Gasteiger partial charge on any atom is 0.415 e. The molecular formula is C19H26N2O4. The van der Waals surface area contributed by atoms with E-state index in [9.17, 15) is 14.9 Å². The fourth-order valence-corrected chi connectivity index (χ4v) is 4.16. The van der Waals surface area contributed by atoms with E-state index in [-0.39, 0.29) is 23.5 Å². The summed E-state index contributed by atoms with van der Waals surface area (Å²) < 4.78 is 5.52. The number of nitrogens with zero attached hydrogens (tertiary/aromatic N) is 2. The summed E-state index contributed by atoms with van der Waals surface area (Å²) in [6.45, 7) is 0. The predicted octanol–water partition coefficient (Wildman–Crippen LogP) is 5.06. The van der Waals surface area contributed by atoms with Gasteiger partial charge in [0.15, 0.2) is 0 Å². The Morgan fingerprint density at radius 1 is 0.960 bits per heavy atom. The van der Waals surface area contributed by atoms with Crippen LogP contribution in [0.15, 0.2) is 24.3 Å². The van der Waals surface area contributed by atoms with Gasteiger partial charge in [-0.2, -0.15) is 0 Å². The summed E-state index contributed by atoms with van der Waals surface area (Å²) in [5.41, 5.74) is -0.164. The number of rotatable bonds is 4. The van der Waals surface area contributed by atoms with Crippen LogP contribution in [-0.2, 0) is 0 Å². The van der Waals surface area contributed by atoms with Crippen LogP contribution in [0, 0.1) is 10.1 Å². The van der Waals surface area contributed by atoms with Gasteiger partial charge in [-0.1, -0.05) is 50.7 Å². The molecule has 0 radical (unpaired) electrons. The lowest BCUT2D eigenvalue weighted by atomic mass is 9.89. The minimum absolute atomic E-state index is 0.0362. The zero-order valence-electron chi connectivity index (χ0n) is 14.6. The highest BCUT2D eigenvalue weighted by molar-refractivity contribution is 5.73. The zero-order valence-corrected chi connectivity index (χ0v) is 14.6. The molecule has 3 rings (SSSR count). The highest BCUT2D eigenvalue weighted by atomic mass is 16.6. The molecular weight excluding hydrogens is 320 g/mol. The molecule has 0 saturated heterocycles. The van der Waals surface area contributed by atoms with Crippen LogP contribution in [0.4, 0.5) is 10.5 Å². The van der Waals surface area contributed by atoms with Crippen LogP contribution in [-0.4, -0.2) is 28.0 Å². The monoisotopic (exact) mass is 346 g/mol. The molecule has 0 spiro atoms. The highest BCUT2D eigenvalue weighted by Crippen LogP contribution is 2.32. The van der Waals surface area contributed by atoms with Crippen molar-refractivity contribution in [2.45, 2.75) is 76.3 Å². The molecule has 6 heteroatoms. The van der Waals surface area contributed by atoms with Crippen LogP contribution >= 0.6 is 0 Å². The normalized spacial score (nSPS) is 19.4. The standard InChI is InChI=1S/C19H26N2O4/c22-19(25-18-14-8-7-13-17(18)21(23)24)20(15-9-3-1-4-10-15)16-11-5-2-6-12-16/h7-8,13-16H,1-6,9-12H2. The van der Waals surface area contributed by atoms with E-state index in [1.165, 1.54) is 25.0 Å². The largest absolute Gasteiger partial charge is 0.415 e. The second-order valence-corrected chi connectivity index (χ2v) is 7.08. The highest BCUT2D eigenvalue weighted by Gasteiger charge is 2.34. The average Bonchev–Trinajstić information content (AvgIpc) is 2.64. The molecule has 0 aromatic heterocycles. The van der Waals surface area contributed by atoms with Crippen molar-refractivity contribution < 1.29 is 14.5 Å². The Hall–Kier alpha value is -2.11. The average molecular weight is 346 g/mol. The minimum Gasteiger partial charge on any atom is -0.403 e. The quantitative estimate of drug-likeness (QED) is 0.564. The van der Waals surface area contributed by atoms with E-state index in [0.29, 0.717) is 0 Å². The maximum atomic E-state index is 13.0. The molecule has 0 unspecified atom stereocenters. The molecule has 1 amide bonds. The van der Waals surface area contributed by atoms with Crippen LogP contribution in [0.5, 0.6) is 5.75 Å². The van der Waals surface area contributed by atoms with Crippen molar-refractivity contribution in [2.24, 2.45) is 0 Å². The molecule has 2 aliphatic rings. The van der Waals surface area contributed by atoms with E-state index in [4.69, 9.17) is 4.74 Å². The lowest BCUT2D eigenvalue weighted by Crippen LogP contribution is -2.50. The van der Waals surface area contributed by atoms with Crippen molar-refractivity contribution in [2.75, 3.05) is 0 Å². The van der Waals surface area contributed by atoms with Gasteiger partial charge in [-0.25, -0.2) is 4.79 Å². The summed E-state index contributed by atoms with van der Waals surface area (Å²) in [6, 6.07) is 6.50. The second kappa shape index (κ2) is 8.32. The maximum absolute atomic E-state index is 13.0. The van der Waals surface area contributed by atoms with Gasteiger partial charge in [-0.05, 0) is 31.7 Å². The summed E-state index contributed by atoms with van der Waals surface area (Å²) in [4.78, 5) is 25.6. The van der Waals surface area contributed by atoms with Crippen LogP contribution < -0.4 is 4.74 Å². The Morgan fingerprint density at radius 3 is 2.00 bits per heavy atom. The predicted molar refractivity (Wildman–Crippen MR) is 94.7 cm³/mol. The molecule has 0 bridgehead atoms. The van der Waals surface area contributed by atoms with Gasteiger partial charge in [0, 0.05) is 18.2 Å². The fourth-order valence-electron chi connectivity index (χ4n) is 4.16. The van der Waals surface area contributed by atoms with Gasteiger partial charge in [-0.3, -0.25) is 10.1 Å². The molecule has 0 N–H and O–H groups in total. The molecule has 2 aliphatic carbocycles. The number of ether oxygens (including phenoxy) is 1. The number of amides is 1. The van der Waals surface area contributed by atoms with E-state index >= 15 is 0 Å². The van der Waals surface area contributed by atoms with Crippen molar-refractivity contribution in [1.29, 1.82) is 0 Å². The molecule has 25 heavy (non-hydrogen) atoms. The SMILES string of the molecule is O=C(Oc1ccccc1[N+](=O)[O-])N(C1CCCCC1)C1CCCCC1. The summed E-state index contributed by atoms with van der Waals surface area (Å²) >= 11 is 0. The van der Waals surface area contributed by atoms with Gasteiger partial charge in [0.2, 0.25) is 5.75 Å². The molecule has 0 heterocycles. The van der Waals surface area contributed by atoms with E-state index in [2.05, 4.69) is 0 Å². The second-order valence-electron chi connectivity index (χ2n) is 7.08. The van der Waals surface area contributed by atoms with Crippen LogP contribution in [0.25, 0.3) is 0 Å². The smallest absolute Gasteiger partial charge is 0.403 e. The first kappa shape index (κ1) is 17.7. The third-order valence-electron chi connectivity index (χ3n) is 5.41. The summed E-state index contributed by atoms with van der Waals surface area (Å²) in [5, 5.41) is 11.2. The van der Waals surface area contributed by atoms with E-state index < -0.39 is 11.0 Å². The molecule has 1 aromatic carbocycles. The number of hydrogen-bond donors (Lipinski definition) is 0. The van der Waals surface area contributed by atoms with Crippen molar-refractivity contribution in [3.8, 4) is 5.75 Å². The number of nitro groups is 1. The number of carbonyl (C=O) groups is 1. The van der Waals surface area contributed by atoms with Gasteiger partial charge in [0.05, 0.1) is 4.92 Å². The Kier molecular flexibility index (Phi) is 5.89. The van der Waals surface area contributed by atoms with Gasteiger partial charge >= 0.3 is 11.8 Å². The Labute approximate surface area is 148 Å². The number of nitro benzene ring substituents is 1. The number of hydrogen-bond acceptors (Lipinski definition) is 4. The molecule has 0 aliphatic heterocycles. The third kappa shape index (κ3) is 4.30. The van der Waals surface area contributed by atoms with E-state index in [1.54, 1.807) is 12.1 Å². The van der Waals surface area contributed by atoms with Gasteiger partial charge in [0.1, 0.15) is 0 Å². The van der Waals surface area contributed by atoms with Crippen LogP contribution in [0.3, 0.4) is 0 Å². The van der Waals surface area contributed by atoms with Gasteiger partial charge in [0.25, 0.3) is 0 Å². The molecule has 6 nitrogen and oxygen atoms in total. The Bertz CT molecular complexity index is 589. The van der Waals surface area contributed by atoms with Crippen molar-refractivity contribution >= 4 is 11.8 Å². The number of para-hydroxylation sites is 2. The summed E-state index contributed by atoms with van der Waals surface area (Å²) in [5.74, 6) is 0.0362. The first-order chi connectivity index (χ1) is 12.2. The van der Waals surface area contributed by atoms with Crippen molar-refractivity contribution in [1.82, 2.24) is 4.90 Å². The fraction of sp³-hybridized carbons (Fsp3) is 0.632. The van der Waals surface area contributed by atoms with E-state index in [1.807, 2.05) is 4.90 Å². The molecule has 2 fully saturated rings. The molecule has 0 atom stereocenters. The van der Waals surface area contributed by atoms with Gasteiger partial charge in [-0.15, -0.1) is 0 Å². The summed E-state index contributed by atoms with van der Waals surface area (Å²) in [7, 11) is 0. The van der Waals surface area contributed by atoms with E-state index in [0.717, 1.165) is 51.4 Å². The minimum atomic E-state index is -0.506. The van der Waals surface area contributed by atoms with Crippen LogP contribution in [0.1, 0.15) is 64.2 Å². The van der Waals surface area contributed by atoms with Crippen LogP contribution in [0.2, 0.25) is 0 Å².